The van der Waals surface area contributed by atoms with Crippen molar-refractivity contribution in [2.45, 2.75) is 69.6 Å². The number of ether oxygens (including phenoxy) is 1. The van der Waals surface area contributed by atoms with E-state index in [1.54, 1.807) is 0 Å². The van der Waals surface area contributed by atoms with Crippen LogP contribution >= 0.6 is 0 Å². The molecule has 0 saturated heterocycles. The summed E-state index contributed by atoms with van der Waals surface area (Å²) >= 11 is 0. The molecule has 0 heterocycles. The molecule has 0 radical (unpaired) electrons. The molecule has 1 atom stereocenters. The molecular formula is C15H28N2O3. The second kappa shape index (κ2) is 8.60. The third kappa shape index (κ3) is 6.68. The maximum absolute atomic E-state index is 11.4. The summed E-state index contributed by atoms with van der Waals surface area (Å²) in [7, 11) is 0. The number of amides is 1. The summed E-state index contributed by atoms with van der Waals surface area (Å²) in [4.78, 5) is 11.4. The predicted molar refractivity (Wildman–Crippen MR) is 77.5 cm³/mol. The van der Waals surface area contributed by atoms with E-state index in [2.05, 4.69) is 10.6 Å². The summed E-state index contributed by atoms with van der Waals surface area (Å²) < 4.78 is 5.71. The van der Waals surface area contributed by atoms with Gasteiger partial charge in [-0.2, -0.15) is 0 Å². The van der Waals surface area contributed by atoms with Crippen LogP contribution in [-0.4, -0.2) is 49.0 Å². The molecule has 1 unspecified atom stereocenters. The highest BCUT2D eigenvalue weighted by Gasteiger charge is 2.22. The Labute approximate surface area is 121 Å². The fourth-order valence-electron chi connectivity index (χ4n) is 2.54. The normalized spacial score (nSPS) is 21.6. The van der Waals surface area contributed by atoms with Crippen LogP contribution in [0.5, 0.6) is 0 Å². The van der Waals surface area contributed by atoms with E-state index in [9.17, 15) is 9.90 Å². The zero-order valence-corrected chi connectivity index (χ0v) is 12.3. The van der Waals surface area contributed by atoms with Gasteiger partial charge in [0.1, 0.15) is 0 Å². The number of aliphatic hydroxyl groups is 1. The Hall–Kier alpha value is -0.650. The molecule has 2 aliphatic carbocycles. The summed E-state index contributed by atoms with van der Waals surface area (Å²) in [6, 6.07) is 0.428. The lowest BCUT2D eigenvalue weighted by Crippen LogP contribution is -2.35. The van der Waals surface area contributed by atoms with Crippen molar-refractivity contribution >= 4 is 5.91 Å². The van der Waals surface area contributed by atoms with Crippen molar-refractivity contribution < 1.29 is 14.6 Å². The van der Waals surface area contributed by atoms with Gasteiger partial charge in [0.05, 0.1) is 18.8 Å². The van der Waals surface area contributed by atoms with Gasteiger partial charge < -0.3 is 20.5 Å². The quantitative estimate of drug-likeness (QED) is 0.551. The van der Waals surface area contributed by atoms with E-state index < -0.39 is 6.10 Å². The molecule has 1 amide bonds. The minimum atomic E-state index is -0.483. The zero-order chi connectivity index (χ0) is 14.2. The maximum Gasteiger partial charge on any atom is 0.221 e. The van der Waals surface area contributed by atoms with Crippen LogP contribution in [0.1, 0.15) is 51.4 Å². The topological polar surface area (TPSA) is 70.6 Å². The van der Waals surface area contributed by atoms with Crippen molar-refractivity contribution in [2.75, 3.05) is 19.7 Å². The first-order valence-electron chi connectivity index (χ1n) is 8.04. The molecule has 20 heavy (non-hydrogen) atoms. The first kappa shape index (κ1) is 15.7. The molecule has 5 heteroatoms. The van der Waals surface area contributed by atoms with Crippen molar-refractivity contribution in [1.82, 2.24) is 10.6 Å². The van der Waals surface area contributed by atoms with E-state index in [-0.39, 0.29) is 5.91 Å². The van der Waals surface area contributed by atoms with Gasteiger partial charge in [0, 0.05) is 25.6 Å². The van der Waals surface area contributed by atoms with Gasteiger partial charge >= 0.3 is 0 Å². The monoisotopic (exact) mass is 284 g/mol. The van der Waals surface area contributed by atoms with Crippen LogP contribution in [0.3, 0.4) is 0 Å². The van der Waals surface area contributed by atoms with Crippen molar-refractivity contribution in [3.05, 3.63) is 0 Å². The molecule has 5 nitrogen and oxygen atoms in total. The Morgan fingerprint density at radius 2 is 1.95 bits per heavy atom. The molecule has 2 saturated carbocycles. The third-order valence-corrected chi connectivity index (χ3v) is 3.93. The van der Waals surface area contributed by atoms with Crippen LogP contribution in [0.15, 0.2) is 0 Å². The summed E-state index contributed by atoms with van der Waals surface area (Å²) in [5.41, 5.74) is 0. The molecule has 0 aliphatic heterocycles. The average molecular weight is 284 g/mol. The largest absolute Gasteiger partial charge is 0.389 e. The lowest BCUT2D eigenvalue weighted by molar-refractivity contribution is -0.121. The smallest absolute Gasteiger partial charge is 0.221 e. The lowest BCUT2D eigenvalue weighted by Gasteiger charge is -2.23. The van der Waals surface area contributed by atoms with Crippen LogP contribution in [0.25, 0.3) is 0 Å². The SMILES string of the molecule is O=C(CCNCC(O)COC1CCCCC1)NC1CC1. The minimum Gasteiger partial charge on any atom is -0.389 e. The van der Waals surface area contributed by atoms with E-state index in [1.165, 1.54) is 19.3 Å². The molecule has 0 aromatic carbocycles. The second-order valence-electron chi connectivity index (χ2n) is 6.04. The van der Waals surface area contributed by atoms with Gasteiger partial charge in [-0.15, -0.1) is 0 Å². The van der Waals surface area contributed by atoms with Crippen LogP contribution in [0, 0.1) is 0 Å². The van der Waals surface area contributed by atoms with Gasteiger partial charge in [0.15, 0.2) is 0 Å². The molecule has 2 rings (SSSR count). The van der Waals surface area contributed by atoms with Crippen molar-refractivity contribution in [3.8, 4) is 0 Å². The summed E-state index contributed by atoms with van der Waals surface area (Å²) in [5, 5.41) is 15.9. The van der Waals surface area contributed by atoms with Gasteiger partial charge in [-0.3, -0.25) is 4.79 Å². The number of carbonyl (C=O) groups excluding carboxylic acids is 1. The van der Waals surface area contributed by atoms with Crippen LogP contribution in [0.2, 0.25) is 0 Å². The molecule has 3 N–H and O–H groups in total. The predicted octanol–water partition coefficient (Wildman–Crippen LogP) is 0.955. The number of carbonyl (C=O) groups is 1. The molecule has 0 aromatic rings. The lowest BCUT2D eigenvalue weighted by atomic mass is 9.98. The average Bonchev–Trinajstić information content (AvgIpc) is 3.26. The Morgan fingerprint density at radius 1 is 1.20 bits per heavy atom. The van der Waals surface area contributed by atoms with E-state index in [4.69, 9.17) is 4.74 Å². The van der Waals surface area contributed by atoms with Crippen molar-refractivity contribution in [3.63, 3.8) is 0 Å². The molecule has 0 bridgehead atoms. The standard InChI is InChI=1S/C15H28N2O3/c18-13(11-20-14-4-2-1-3-5-14)10-16-9-8-15(19)17-12-6-7-12/h12-14,16,18H,1-11H2,(H,17,19). The summed E-state index contributed by atoms with van der Waals surface area (Å²) in [5.74, 6) is 0.105. The first-order chi connectivity index (χ1) is 9.74. The van der Waals surface area contributed by atoms with Gasteiger partial charge in [-0.25, -0.2) is 0 Å². The fraction of sp³-hybridized carbons (Fsp3) is 0.933. The zero-order valence-electron chi connectivity index (χ0n) is 12.3. The van der Waals surface area contributed by atoms with Crippen molar-refractivity contribution in [2.24, 2.45) is 0 Å². The van der Waals surface area contributed by atoms with E-state index >= 15 is 0 Å². The highest BCUT2D eigenvalue weighted by molar-refractivity contribution is 5.76. The molecular weight excluding hydrogens is 256 g/mol. The molecule has 2 aliphatic rings. The van der Waals surface area contributed by atoms with Gasteiger partial charge in [-0.1, -0.05) is 19.3 Å². The molecule has 116 valence electrons. The Bertz CT molecular complexity index is 289. The van der Waals surface area contributed by atoms with E-state index in [0.717, 1.165) is 25.7 Å². The van der Waals surface area contributed by atoms with Gasteiger partial charge in [-0.05, 0) is 25.7 Å². The highest BCUT2D eigenvalue weighted by atomic mass is 16.5. The molecule has 2 fully saturated rings. The highest BCUT2D eigenvalue weighted by Crippen LogP contribution is 2.20. The number of aliphatic hydroxyl groups excluding tert-OH is 1. The number of nitrogens with one attached hydrogen (secondary N) is 2. The first-order valence-corrected chi connectivity index (χ1v) is 8.04. The second-order valence-corrected chi connectivity index (χ2v) is 6.04. The Balaban J connectivity index is 1.42. The summed E-state index contributed by atoms with van der Waals surface area (Å²) in [6.45, 7) is 1.49. The number of rotatable bonds is 9. The van der Waals surface area contributed by atoms with Gasteiger partial charge in [0.25, 0.3) is 0 Å². The van der Waals surface area contributed by atoms with Crippen LogP contribution < -0.4 is 10.6 Å². The van der Waals surface area contributed by atoms with E-state index in [1.807, 2.05) is 0 Å². The van der Waals surface area contributed by atoms with E-state index in [0.29, 0.717) is 38.3 Å². The number of hydrogen-bond acceptors (Lipinski definition) is 4. The molecule has 0 aromatic heterocycles. The Kier molecular flexibility index (Phi) is 6.76. The summed E-state index contributed by atoms with van der Waals surface area (Å²) in [6.07, 6.45) is 8.63. The van der Waals surface area contributed by atoms with Gasteiger partial charge in [0.2, 0.25) is 5.91 Å². The Morgan fingerprint density at radius 3 is 2.65 bits per heavy atom. The maximum atomic E-state index is 11.4. The molecule has 0 spiro atoms. The fourth-order valence-corrected chi connectivity index (χ4v) is 2.54. The number of hydrogen-bond donors (Lipinski definition) is 3. The van der Waals surface area contributed by atoms with Crippen LogP contribution in [-0.2, 0) is 9.53 Å². The van der Waals surface area contributed by atoms with Crippen molar-refractivity contribution in [1.29, 1.82) is 0 Å². The third-order valence-electron chi connectivity index (χ3n) is 3.93. The minimum absolute atomic E-state index is 0.105. The van der Waals surface area contributed by atoms with Crippen LogP contribution in [0.4, 0.5) is 0 Å².